The summed E-state index contributed by atoms with van der Waals surface area (Å²) in [6, 6.07) is 0. The second-order valence-corrected chi connectivity index (χ2v) is 4.85. The van der Waals surface area contributed by atoms with Crippen molar-refractivity contribution >= 4 is 37.8 Å². The molecule has 0 unspecified atom stereocenters. The molecule has 0 aliphatic carbocycles. The predicted molar refractivity (Wildman–Crippen MR) is 61.0 cm³/mol. The maximum atomic E-state index is 11.4. The summed E-state index contributed by atoms with van der Waals surface area (Å²) in [5.41, 5.74) is -0.389. The molecule has 0 aromatic rings. The third kappa shape index (κ3) is 4.81. The van der Waals surface area contributed by atoms with Crippen LogP contribution in [0.25, 0.3) is 0 Å². The Balaban J connectivity index is 4.02. The van der Waals surface area contributed by atoms with E-state index in [9.17, 15) is 4.79 Å². The third-order valence-electron chi connectivity index (χ3n) is 1.90. The van der Waals surface area contributed by atoms with Gasteiger partial charge in [0.15, 0.2) is 0 Å². The van der Waals surface area contributed by atoms with E-state index in [1.165, 1.54) is 0 Å². The zero-order chi connectivity index (χ0) is 10.5. The average Bonchev–Trinajstić information content (AvgIpc) is 2.13. The lowest BCUT2D eigenvalue weighted by atomic mass is 9.91. The van der Waals surface area contributed by atoms with E-state index in [-0.39, 0.29) is 18.0 Å². The van der Waals surface area contributed by atoms with Crippen LogP contribution in [0.4, 0.5) is 0 Å². The van der Waals surface area contributed by atoms with Gasteiger partial charge in [0.25, 0.3) is 0 Å². The van der Waals surface area contributed by atoms with E-state index in [1.807, 2.05) is 20.8 Å². The molecule has 13 heavy (non-hydrogen) atoms. The number of esters is 1. The van der Waals surface area contributed by atoms with Crippen LogP contribution in [0.15, 0.2) is 9.47 Å². The summed E-state index contributed by atoms with van der Waals surface area (Å²) < 4.78 is 5.88. The molecule has 0 spiro atoms. The van der Waals surface area contributed by atoms with Gasteiger partial charge in [-0.15, -0.1) is 0 Å². The van der Waals surface area contributed by atoms with Crippen LogP contribution in [0.3, 0.4) is 0 Å². The summed E-state index contributed by atoms with van der Waals surface area (Å²) in [6.45, 7) is 6.01. The number of rotatable bonds is 4. The van der Waals surface area contributed by atoms with Crippen LogP contribution >= 0.6 is 31.9 Å². The fourth-order valence-corrected chi connectivity index (χ4v) is 0.752. The quantitative estimate of drug-likeness (QED) is 0.741. The minimum atomic E-state index is -0.389. The molecule has 0 fully saturated rings. The maximum Gasteiger partial charge on any atom is 0.311 e. The number of halogens is 2. The highest BCUT2D eigenvalue weighted by Crippen LogP contribution is 2.22. The van der Waals surface area contributed by atoms with Crippen molar-refractivity contribution in [1.29, 1.82) is 0 Å². The number of hydrogen-bond donors (Lipinski definition) is 0. The summed E-state index contributed by atoms with van der Waals surface area (Å²) in [5, 5.41) is 0. The van der Waals surface area contributed by atoms with Crippen LogP contribution in [0.2, 0.25) is 0 Å². The summed E-state index contributed by atoms with van der Waals surface area (Å²) in [6.07, 6.45) is 0.779. The number of hydrogen-bond acceptors (Lipinski definition) is 2. The molecule has 0 heterocycles. The second kappa shape index (κ2) is 5.81. The van der Waals surface area contributed by atoms with Gasteiger partial charge in [0.2, 0.25) is 0 Å². The zero-order valence-corrected chi connectivity index (χ0v) is 11.2. The Morgan fingerprint density at radius 1 is 1.54 bits per heavy atom. The van der Waals surface area contributed by atoms with Crippen LogP contribution < -0.4 is 0 Å². The first-order valence-electron chi connectivity index (χ1n) is 4.06. The molecule has 0 aromatic heterocycles. The fraction of sp³-hybridized carbons (Fsp3) is 0.667. The molecule has 0 N–H and O–H groups in total. The van der Waals surface area contributed by atoms with Gasteiger partial charge in [-0.05, 0) is 25.3 Å². The van der Waals surface area contributed by atoms with Crippen molar-refractivity contribution in [3.8, 4) is 0 Å². The highest BCUT2D eigenvalue weighted by atomic mass is 79.9. The molecule has 76 valence electrons. The van der Waals surface area contributed by atoms with Crippen LogP contribution in [0.5, 0.6) is 0 Å². The molecule has 0 amide bonds. The van der Waals surface area contributed by atoms with E-state index >= 15 is 0 Å². The molecule has 0 aliphatic heterocycles. The largest absolute Gasteiger partial charge is 0.460 e. The van der Waals surface area contributed by atoms with Gasteiger partial charge in [-0.1, -0.05) is 38.8 Å². The van der Waals surface area contributed by atoms with Crippen LogP contribution in [0.1, 0.15) is 27.2 Å². The van der Waals surface area contributed by atoms with Crippen molar-refractivity contribution in [1.82, 2.24) is 0 Å². The third-order valence-corrected chi connectivity index (χ3v) is 3.52. The van der Waals surface area contributed by atoms with Gasteiger partial charge < -0.3 is 4.74 Å². The van der Waals surface area contributed by atoms with Crippen molar-refractivity contribution < 1.29 is 9.53 Å². The highest BCUT2D eigenvalue weighted by Gasteiger charge is 2.26. The number of carbonyl (C=O) groups excluding carboxylic acids is 1. The Bertz CT molecular complexity index is 210. The first-order chi connectivity index (χ1) is 5.94. The maximum absolute atomic E-state index is 11.4. The summed E-state index contributed by atoms with van der Waals surface area (Å²) in [4.78, 5) is 13.1. The molecule has 2 nitrogen and oxygen atoms in total. The Labute approximate surface area is 96.0 Å². The molecule has 0 saturated carbocycles. The first kappa shape index (κ1) is 13.2. The van der Waals surface area contributed by atoms with Crippen LogP contribution in [-0.4, -0.2) is 12.6 Å². The lowest BCUT2D eigenvalue weighted by Gasteiger charge is -2.19. The van der Waals surface area contributed by atoms with Gasteiger partial charge in [-0.3, -0.25) is 4.79 Å². The predicted octanol–water partition coefficient (Wildman–Crippen LogP) is 3.60. The Morgan fingerprint density at radius 2 is 2.08 bits per heavy atom. The second-order valence-electron chi connectivity index (χ2n) is 3.37. The molecular weight excluding hydrogens is 300 g/mol. The van der Waals surface area contributed by atoms with E-state index in [2.05, 4.69) is 31.9 Å². The Hall–Kier alpha value is 0.170. The van der Waals surface area contributed by atoms with Crippen molar-refractivity contribution in [3.05, 3.63) is 9.47 Å². The van der Waals surface area contributed by atoms with E-state index in [1.54, 1.807) is 4.99 Å². The van der Waals surface area contributed by atoms with Gasteiger partial charge >= 0.3 is 5.97 Å². The smallest absolute Gasteiger partial charge is 0.311 e. The minimum Gasteiger partial charge on any atom is -0.460 e. The van der Waals surface area contributed by atoms with E-state index < -0.39 is 0 Å². The van der Waals surface area contributed by atoms with Gasteiger partial charge in [0.05, 0.1) is 5.41 Å². The molecule has 4 heteroatoms. The minimum absolute atomic E-state index is 0.165. The zero-order valence-electron chi connectivity index (χ0n) is 8.06. The Morgan fingerprint density at radius 3 is 2.46 bits per heavy atom. The highest BCUT2D eigenvalue weighted by molar-refractivity contribution is 9.14. The Kier molecular flexibility index (Phi) is 5.88. The van der Waals surface area contributed by atoms with Gasteiger partial charge in [0.1, 0.15) is 6.61 Å². The summed E-state index contributed by atoms with van der Waals surface area (Å²) in [7, 11) is 0. The molecule has 0 atom stereocenters. The number of carbonyl (C=O) groups is 1. The van der Waals surface area contributed by atoms with Crippen LogP contribution in [0, 0.1) is 5.41 Å². The van der Waals surface area contributed by atoms with Crippen molar-refractivity contribution in [2.75, 3.05) is 6.61 Å². The van der Waals surface area contributed by atoms with E-state index in [4.69, 9.17) is 4.74 Å². The van der Waals surface area contributed by atoms with Gasteiger partial charge in [-0.2, -0.15) is 0 Å². The topological polar surface area (TPSA) is 26.3 Å². The average molecular weight is 314 g/mol. The number of ether oxygens (including phenoxy) is 1. The fourth-order valence-electron chi connectivity index (χ4n) is 0.506. The van der Waals surface area contributed by atoms with Crippen molar-refractivity contribution in [3.63, 3.8) is 0 Å². The van der Waals surface area contributed by atoms with Gasteiger partial charge in [-0.25, -0.2) is 0 Å². The first-order valence-corrected chi connectivity index (χ1v) is 5.77. The molecular formula is C9H14Br2O2. The molecule has 0 saturated heterocycles. The van der Waals surface area contributed by atoms with Gasteiger partial charge in [0, 0.05) is 4.48 Å². The molecule has 0 radical (unpaired) electrons. The van der Waals surface area contributed by atoms with Crippen LogP contribution in [-0.2, 0) is 9.53 Å². The molecule has 0 bridgehead atoms. The SMILES string of the molecule is CCC(C)(C)C(=O)OC/C(Br)=C/Br. The van der Waals surface area contributed by atoms with Crippen molar-refractivity contribution in [2.24, 2.45) is 5.41 Å². The lowest BCUT2D eigenvalue weighted by molar-refractivity contribution is -0.152. The molecule has 0 aromatic carbocycles. The molecule has 0 rings (SSSR count). The normalized spacial score (nSPS) is 12.8. The molecule has 0 aliphatic rings. The van der Waals surface area contributed by atoms with E-state index in [0.29, 0.717) is 0 Å². The van der Waals surface area contributed by atoms with E-state index in [0.717, 1.165) is 10.9 Å². The summed E-state index contributed by atoms with van der Waals surface area (Å²) >= 11 is 6.36. The van der Waals surface area contributed by atoms with Crippen molar-refractivity contribution in [2.45, 2.75) is 27.2 Å². The standard InChI is InChI=1S/C9H14Br2O2/c1-4-9(2,3)8(12)13-6-7(11)5-10/h5H,4,6H2,1-3H3/b7-5-. The lowest BCUT2D eigenvalue weighted by Crippen LogP contribution is -2.26. The monoisotopic (exact) mass is 312 g/mol. The summed E-state index contributed by atoms with van der Waals surface area (Å²) in [5.74, 6) is -0.165.